The van der Waals surface area contributed by atoms with Gasteiger partial charge < -0.3 is 0 Å². The van der Waals surface area contributed by atoms with Gasteiger partial charge in [-0.2, -0.15) is 0 Å². The van der Waals surface area contributed by atoms with Gasteiger partial charge in [0.25, 0.3) is 0 Å². The van der Waals surface area contributed by atoms with Crippen LogP contribution in [-0.4, -0.2) is 0 Å². The molecule has 1 heteroatoms. The largest absolute Gasteiger partial charge is 0.220 e. The standard InChI is InChI=1S/C30H36N/c1-19-14-26(22-6-4-5-7-22)18-28(20(19)2)30-27-11-10-24(17-25(27)12-13-31(30)3)29-16-21-8-9-23(29)15-21/h10-14,17-18,21-23,29H,4-9,15-16H2,1-3H3/q+1. The van der Waals surface area contributed by atoms with Gasteiger partial charge in [0.15, 0.2) is 6.20 Å². The first-order chi connectivity index (χ1) is 15.1. The van der Waals surface area contributed by atoms with E-state index in [0.717, 1.165) is 23.7 Å². The molecule has 3 atom stereocenters. The molecule has 0 radical (unpaired) electrons. The summed E-state index contributed by atoms with van der Waals surface area (Å²) in [7, 11) is 2.22. The molecule has 1 heterocycles. The molecule has 0 spiro atoms. The van der Waals surface area contributed by atoms with E-state index in [9.17, 15) is 0 Å². The van der Waals surface area contributed by atoms with Crippen LogP contribution in [0.5, 0.6) is 0 Å². The van der Waals surface area contributed by atoms with Crippen LogP contribution >= 0.6 is 0 Å². The van der Waals surface area contributed by atoms with Crippen LogP contribution in [0.2, 0.25) is 0 Å². The molecule has 3 unspecified atom stereocenters. The minimum atomic E-state index is 0.753. The van der Waals surface area contributed by atoms with E-state index in [4.69, 9.17) is 0 Å². The number of rotatable bonds is 3. The van der Waals surface area contributed by atoms with Gasteiger partial charge in [-0.15, -0.1) is 0 Å². The van der Waals surface area contributed by atoms with E-state index in [1.54, 1.807) is 11.1 Å². The molecular formula is C30H36N+. The van der Waals surface area contributed by atoms with Crippen molar-refractivity contribution >= 4 is 10.8 Å². The van der Waals surface area contributed by atoms with E-state index in [0.29, 0.717) is 0 Å². The molecule has 0 saturated heterocycles. The SMILES string of the molecule is Cc1cc(C2CCCC2)cc(-c2c3ccc(C4CC5CCC4C5)cc3cc[n+]2C)c1C. The van der Waals surface area contributed by atoms with Gasteiger partial charge in [0.2, 0.25) is 5.69 Å². The second-order valence-corrected chi connectivity index (χ2v) is 10.9. The molecule has 3 aliphatic rings. The fourth-order valence-electron chi connectivity index (χ4n) is 7.24. The summed E-state index contributed by atoms with van der Waals surface area (Å²) >= 11 is 0. The summed E-state index contributed by atoms with van der Waals surface area (Å²) < 4.78 is 2.35. The van der Waals surface area contributed by atoms with Crippen molar-refractivity contribution in [3.05, 3.63) is 64.8 Å². The maximum atomic E-state index is 2.52. The number of hydrogen-bond donors (Lipinski definition) is 0. The Kier molecular flexibility index (Phi) is 4.70. The van der Waals surface area contributed by atoms with Gasteiger partial charge in [0.1, 0.15) is 7.05 Å². The first-order valence-electron chi connectivity index (χ1n) is 12.6. The summed E-state index contributed by atoms with van der Waals surface area (Å²) in [5.74, 6) is 3.49. The molecule has 0 amide bonds. The van der Waals surface area contributed by atoms with Gasteiger partial charge in [0.05, 0.1) is 10.9 Å². The van der Waals surface area contributed by atoms with Crippen LogP contribution in [0.15, 0.2) is 42.6 Å². The predicted octanol–water partition coefficient (Wildman–Crippen LogP) is 7.51. The van der Waals surface area contributed by atoms with Crippen LogP contribution in [0, 0.1) is 25.7 Å². The molecular weight excluding hydrogens is 374 g/mol. The Labute approximate surface area is 187 Å². The van der Waals surface area contributed by atoms with Crippen LogP contribution in [0.25, 0.3) is 22.0 Å². The minimum Gasteiger partial charge on any atom is -0.200 e. The average Bonchev–Trinajstić information content (AvgIpc) is 3.54. The molecule has 31 heavy (non-hydrogen) atoms. The third kappa shape index (κ3) is 3.23. The Morgan fingerprint density at radius 3 is 2.42 bits per heavy atom. The molecule has 160 valence electrons. The zero-order chi connectivity index (χ0) is 21.1. The number of benzene rings is 2. The molecule has 1 aromatic heterocycles. The normalized spacial score (nSPS) is 25.7. The third-order valence-corrected chi connectivity index (χ3v) is 9.10. The van der Waals surface area contributed by atoms with E-state index in [1.807, 2.05) is 0 Å². The molecule has 0 aliphatic heterocycles. The molecule has 3 aromatic rings. The lowest BCUT2D eigenvalue weighted by Crippen LogP contribution is -2.31. The molecule has 2 bridgehead atoms. The fraction of sp³-hybridized carbons (Fsp3) is 0.500. The highest BCUT2D eigenvalue weighted by Crippen LogP contribution is 2.53. The first kappa shape index (κ1) is 19.5. The zero-order valence-electron chi connectivity index (χ0n) is 19.5. The van der Waals surface area contributed by atoms with Crippen LogP contribution < -0.4 is 4.57 Å². The number of hydrogen-bond acceptors (Lipinski definition) is 0. The summed E-state index contributed by atoms with van der Waals surface area (Å²) in [6, 6.07) is 14.7. The minimum absolute atomic E-state index is 0.753. The van der Waals surface area contributed by atoms with E-state index in [1.165, 1.54) is 84.5 Å². The van der Waals surface area contributed by atoms with E-state index in [2.05, 4.69) is 68.1 Å². The third-order valence-electron chi connectivity index (χ3n) is 9.10. The topological polar surface area (TPSA) is 3.88 Å². The first-order valence-corrected chi connectivity index (χ1v) is 12.6. The maximum Gasteiger partial charge on any atom is 0.220 e. The average molecular weight is 411 g/mol. The van der Waals surface area contributed by atoms with Crippen molar-refractivity contribution in [3.8, 4) is 11.3 Å². The Morgan fingerprint density at radius 1 is 0.839 bits per heavy atom. The van der Waals surface area contributed by atoms with Crippen LogP contribution in [-0.2, 0) is 7.05 Å². The van der Waals surface area contributed by atoms with Crippen LogP contribution in [0.3, 0.4) is 0 Å². The van der Waals surface area contributed by atoms with Crippen molar-refractivity contribution in [1.29, 1.82) is 0 Å². The number of fused-ring (bicyclic) bond motifs is 3. The Morgan fingerprint density at radius 2 is 1.68 bits per heavy atom. The molecule has 3 fully saturated rings. The smallest absolute Gasteiger partial charge is 0.200 e. The predicted molar refractivity (Wildman–Crippen MR) is 129 cm³/mol. The number of aryl methyl sites for hydroxylation is 2. The summed E-state index contributed by atoms with van der Waals surface area (Å²) in [4.78, 5) is 0. The van der Waals surface area contributed by atoms with E-state index >= 15 is 0 Å². The number of nitrogens with zero attached hydrogens (tertiary/aromatic N) is 1. The summed E-state index contributed by atoms with van der Waals surface area (Å²) in [5.41, 5.74) is 8.84. The number of pyridine rings is 1. The Balaban J connectivity index is 1.47. The molecule has 3 aliphatic carbocycles. The highest BCUT2D eigenvalue weighted by atomic mass is 14.9. The Bertz CT molecular complexity index is 1150. The monoisotopic (exact) mass is 410 g/mol. The quantitative estimate of drug-likeness (QED) is 0.393. The summed E-state index contributed by atoms with van der Waals surface area (Å²) in [5, 5.41) is 2.82. The molecule has 1 nitrogen and oxygen atoms in total. The lowest BCUT2D eigenvalue weighted by Gasteiger charge is -2.22. The van der Waals surface area contributed by atoms with Gasteiger partial charge in [-0.3, -0.25) is 0 Å². The van der Waals surface area contributed by atoms with Gasteiger partial charge in [-0.25, -0.2) is 4.57 Å². The highest BCUT2D eigenvalue weighted by molar-refractivity contribution is 5.94. The molecule has 0 N–H and O–H groups in total. The van der Waals surface area contributed by atoms with Crippen molar-refractivity contribution in [2.24, 2.45) is 18.9 Å². The van der Waals surface area contributed by atoms with E-state index in [-0.39, 0.29) is 0 Å². The maximum absolute atomic E-state index is 2.52. The second kappa shape index (κ2) is 7.47. The van der Waals surface area contributed by atoms with Gasteiger partial charge in [-0.05, 0) is 109 Å². The van der Waals surface area contributed by atoms with Crippen molar-refractivity contribution < 1.29 is 4.57 Å². The fourth-order valence-corrected chi connectivity index (χ4v) is 7.24. The lowest BCUT2D eigenvalue weighted by molar-refractivity contribution is -0.659. The second-order valence-electron chi connectivity index (χ2n) is 10.9. The number of aromatic nitrogens is 1. The van der Waals surface area contributed by atoms with Crippen molar-refractivity contribution in [2.75, 3.05) is 0 Å². The summed E-state index contributed by atoms with van der Waals surface area (Å²) in [6.07, 6.45) is 13.6. The molecule has 2 aromatic carbocycles. The molecule has 6 rings (SSSR count). The molecule has 3 saturated carbocycles. The van der Waals surface area contributed by atoms with Gasteiger partial charge in [0, 0.05) is 6.07 Å². The lowest BCUT2D eigenvalue weighted by atomic mass is 9.82. The van der Waals surface area contributed by atoms with Crippen molar-refractivity contribution in [3.63, 3.8) is 0 Å². The summed E-state index contributed by atoms with van der Waals surface area (Å²) in [6.45, 7) is 4.61. The van der Waals surface area contributed by atoms with Gasteiger partial charge >= 0.3 is 0 Å². The van der Waals surface area contributed by atoms with Crippen LogP contribution in [0.1, 0.15) is 85.5 Å². The zero-order valence-corrected chi connectivity index (χ0v) is 19.5. The Hall–Kier alpha value is -2.15. The van der Waals surface area contributed by atoms with Crippen molar-refractivity contribution in [1.82, 2.24) is 0 Å². The van der Waals surface area contributed by atoms with Crippen LogP contribution in [0.4, 0.5) is 0 Å². The van der Waals surface area contributed by atoms with Crippen molar-refractivity contribution in [2.45, 2.75) is 77.0 Å². The van der Waals surface area contributed by atoms with E-state index < -0.39 is 0 Å². The van der Waals surface area contributed by atoms with Gasteiger partial charge in [-0.1, -0.05) is 37.5 Å². The highest BCUT2D eigenvalue weighted by Gasteiger charge is 2.40.